The first-order valence-corrected chi connectivity index (χ1v) is 7.93. The molecule has 1 aromatic rings. The van der Waals surface area contributed by atoms with Gasteiger partial charge in [-0.1, -0.05) is 24.3 Å². The predicted molar refractivity (Wildman–Crippen MR) is 67.4 cm³/mol. The SMILES string of the molecule is CS(=O)(=O)N1CCC2c3ccccc3CC2C1. The second kappa shape index (κ2) is 3.82. The van der Waals surface area contributed by atoms with Gasteiger partial charge in [0, 0.05) is 13.1 Å². The van der Waals surface area contributed by atoms with Crippen LogP contribution in [0.25, 0.3) is 0 Å². The molecule has 1 saturated heterocycles. The van der Waals surface area contributed by atoms with Crippen molar-refractivity contribution < 1.29 is 8.42 Å². The highest BCUT2D eigenvalue weighted by molar-refractivity contribution is 7.88. The Kier molecular flexibility index (Phi) is 2.52. The van der Waals surface area contributed by atoms with E-state index < -0.39 is 10.0 Å². The molecule has 1 aromatic carbocycles. The molecule has 17 heavy (non-hydrogen) atoms. The van der Waals surface area contributed by atoms with Crippen molar-refractivity contribution in [3.63, 3.8) is 0 Å². The molecule has 2 atom stereocenters. The highest BCUT2D eigenvalue weighted by Crippen LogP contribution is 2.43. The molecule has 1 aliphatic carbocycles. The Balaban J connectivity index is 1.86. The van der Waals surface area contributed by atoms with Crippen LogP contribution in [0, 0.1) is 5.92 Å². The number of nitrogens with zero attached hydrogens (tertiary/aromatic N) is 1. The summed E-state index contributed by atoms with van der Waals surface area (Å²) in [6.45, 7) is 1.37. The molecule has 0 saturated carbocycles. The van der Waals surface area contributed by atoms with E-state index in [-0.39, 0.29) is 0 Å². The maximum absolute atomic E-state index is 11.6. The number of hydrogen-bond acceptors (Lipinski definition) is 2. The normalized spacial score (nSPS) is 28.8. The van der Waals surface area contributed by atoms with Crippen molar-refractivity contribution in [2.75, 3.05) is 19.3 Å². The molecule has 0 aromatic heterocycles. The summed E-state index contributed by atoms with van der Waals surface area (Å²) in [6, 6.07) is 8.54. The second-order valence-corrected chi connectivity index (χ2v) is 7.16. The first-order valence-electron chi connectivity index (χ1n) is 6.08. The van der Waals surface area contributed by atoms with Crippen molar-refractivity contribution in [2.45, 2.75) is 18.8 Å². The lowest BCUT2D eigenvalue weighted by Gasteiger charge is -2.33. The molecule has 0 N–H and O–H groups in total. The molecule has 0 bridgehead atoms. The maximum Gasteiger partial charge on any atom is 0.211 e. The molecule has 3 rings (SSSR count). The van der Waals surface area contributed by atoms with Gasteiger partial charge in [0.05, 0.1) is 6.26 Å². The molecule has 1 fully saturated rings. The van der Waals surface area contributed by atoms with Crippen molar-refractivity contribution in [2.24, 2.45) is 5.92 Å². The van der Waals surface area contributed by atoms with Crippen molar-refractivity contribution >= 4 is 10.0 Å². The van der Waals surface area contributed by atoms with E-state index in [1.807, 2.05) is 0 Å². The fourth-order valence-corrected chi connectivity index (χ4v) is 4.18. The van der Waals surface area contributed by atoms with E-state index in [4.69, 9.17) is 0 Å². The lowest BCUT2D eigenvalue weighted by molar-refractivity contribution is 0.249. The minimum atomic E-state index is -3.02. The van der Waals surface area contributed by atoms with Crippen LogP contribution in [-0.4, -0.2) is 32.1 Å². The number of benzene rings is 1. The molecule has 92 valence electrons. The van der Waals surface area contributed by atoms with Crippen LogP contribution in [0.15, 0.2) is 24.3 Å². The van der Waals surface area contributed by atoms with Gasteiger partial charge in [0.1, 0.15) is 0 Å². The van der Waals surface area contributed by atoms with Gasteiger partial charge >= 0.3 is 0 Å². The summed E-state index contributed by atoms with van der Waals surface area (Å²) in [5, 5.41) is 0. The molecule has 0 radical (unpaired) electrons. The molecule has 3 nitrogen and oxygen atoms in total. The summed E-state index contributed by atoms with van der Waals surface area (Å²) in [7, 11) is -3.02. The molecule has 2 unspecified atom stereocenters. The summed E-state index contributed by atoms with van der Waals surface area (Å²) in [4.78, 5) is 0. The first-order chi connectivity index (χ1) is 8.05. The third kappa shape index (κ3) is 1.89. The number of hydrogen-bond donors (Lipinski definition) is 0. The van der Waals surface area contributed by atoms with Gasteiger partial charge in [-0.15, -0.1) is 0 Å². The topological polar surface area (TPSA) is 37.4 Å². The van der Waals surface area contributed by atoms with Crippen molar-refractivity contribution in [1.29, 1.82) is 0 Å². The molecule has 4 heteroatoms. The number of rotatable bonds is 1. The molecule has 1 aliphatic heterocycles. The predicted octanol–water partition coefficient (Wildman–Crippen LogP) is 1.61. The van der Waals surface area contributed by atoms with Gasteiger partial charge < -0.3 is 0 Å². The summed E-state index contributed by atoms with van der Waals surface area (Å²) in [6.07, 6.45) is 3.32. The Morgan fingerprint density at radius 1 is 1.29 bits per heavy atom. The third-order valence-electron chi connectivity index (χ3n) is 4.10. The fourth-order valence-electron chi connectivity index (χ4n) is 3.28. The lowest BCUT2D eigenvalue weighted by atomic mass is 9.87. The van der Waals surface area contributed by atoms with E-state index in [9.17, 15) is 8.42 Å². The maximum atomic E-state index is 11.6. The van der Waals surface area contributed by atoms with Crippen molar-refractivity contribution in [1.82, 2.24) is 4.31 Å². The first kappa shape index (κ1) is 11.2. The minimum Gasteiger partial charge on any atom is -0.213 e. The standard InChI is InChI=1S/C13H17NO2S/c1-17(15,16)14-7-6-13-11(9-14)8-10-4-2-3-5-12(10)13/h2-5,11,13H,6-9H2,1H3. The average molecular weight is 251 g/mol. The van der Waals surface area contributed by atoms with Gasteiger partial charge in [0.15, 0.2) is 0 Å². The van der Waals surface area contributed by atoms with Gasteiger partial charge in [-0.05, 0) is 35.8 Å². The number of piperidine rings is 1. The molecular formula is C13H17NO2S. The van der Waals surface area contributed by atoms with Crippen LogP contribution in [0.1, 0.15) is 23.5 Å². The summed E-state index contributed by atoms with van der Waals surface area (Å²) in [5.41, 5.74) is 2.86. The molecule has 0 spiro atoms. The summed E-state index contributed by atoms with van der Waals surface area (Å²) in [5.74, 6) is 1.06. The van der Waals surface area contributed by atoms with Gasteiger partial charge in [-0.25, -0.2) is 12.7 Å². The highest BCUT2D eigenvalue weighted by Gasteiger charge is 2.38. The van der Waals surface area contributed by atoms with E-state index >= 15 is 0 Å². The van der Waals surface area contributed by atoms with Gasteiger partial charge in [-0.2, -0.15) is 0 Å². The van der Waals surface area contributed by atoms with Crippen LogP contribution < -0.4 is 0 Å². The van der Waals surface area contributed by atoms with Gasteiger partial charge in [0.25, 0.3) is 0 Å². The zero-order chi connectivity index (χ0) is 12.0. The van der Waals surface area contributed by atoms with Crippen LogP contribution in [0.2, 0.25) is 0 Å². The second-order valence-electron chi connectivity index (χ2n) is 5.18. The van der Waals surface area contributed by atoms with E-state index in [0.29, 0.717) is 24.9 Å². The molecule has 0 amide bonds. The molecule has 1 heterocycles. The zero-order valence-corrected chi connectivity index (χ0v) is 10.8. The highest BCUT2D eigenvalue weighted by atomic mass is 32.2. The van der Waals surface area contributed by atoms with Crippen molar-refractivity contribution in [3.05, 3.63) is 35.4 Å². The minimum absolute atomic E-state index is 0.482. The largest absolute Gasteiger partial charge is 0.213 e. The van der Waals surface area contributed by atoms with Crippen LogP contribution in [0.5, 0.6) is 0 Å². The Morgan fingerprint density at radius 3 is 2.82 bits per heavy atom. The molecular weight excluding hydrogens is 234 g/mol. The van der Waals surface area contributed by atoms with Crippen LogP contribution >= 0.6 is 0 Å². The van der Waals surface area contributed by atoms with E-state index in [2.05, 4.69) is 24.3 Å². The van der Waals surface area contributed by atoms with Crippen molar-refractivity contribution in [3.8, 4) is 0 Å². The smallest absolute Gasteiger partial charge is 0.211 e. The monoisotopic (exact) mass is 251 g/mol. The van der Waals surface area contributed by atoms with Gasteiger partial charge in [0.2, 0.25) is 10.0 Å². The van der Waals surface area contributed by atoms with Crippen LogP contribution in [-0.2, 0) is 16.4 Å². The summed E-state index contributed by atoms with van der Waals surface area (Å²) >= 11 is 0. The van der Waals surface area contributed by atoms with Crippen LogP contribution in [0.4, 0.5) is 0 Å². The molecule has 2 aliphatic rings. The van der Waals surface area contributed by atoms with E-state index in [1.165, 1.54) is 17.4 Å². The van der Waals surface area contributed by atoms with E-state index in [1.54, 1.807) is 4.31 Å². The Labute approximate surface area is 102 Å². The van der Waals surface area contributed by atoms with E-state index in [0.717, 1.165) is 12.8 Å². The Bertz CT molecular complexity index is 538. The average Bonchev–Trinajstić information content (AvgIpc) is 2.65. The van der Waals surface area contributed by atoms with Crippen LogP contribution in [0.3, 0.4) is 0 Å². The fraction of sp³-hybridized carbons (Fsp3) is 0.538. The van der Waals surface area contributed by atoms with Gasteiger partial charge in [-0.3, -0.25) is 0 Å². The Hall–Kier alpha value is -0.870. The zero-order valence-electron chi connectivity index (χ0n) is 9.96. The lowest BCUT2D eigenvalue weighted by Crippen LogP contribution is -2.41. The summed E-state index contributed by atoms with van der Waals surface area (Å²) < 4.78 is 24.8. The number of sulfonamides is 1. The quantitative estimate of drug-likeness (QED) is 0.760. The Morgan fingerprint density at radius 2 is 2.06 bits per heavy atom. The number of fused-ring (bicyclic) bond motifs is 3. The third-order valence-corrected chi connectivity index (χ3v) is 5.37.